The summed E-state index contributed by atoms with van der Waals surface area (Å²) in [4.78, 5) is 35.1. The summed E-state index contributed by atoms with van der Waals surface area (Å²) in [5, 5.41) is 0.666. The lowest BCUT2D eigenvalue weighted by molar-refractivity contribution is -0.133. The van der Waals surface area contributed by atoms with Crippen molar-refractivity contribution in [2.75, 3.05) is 26.2 Å². The molecule has 6 heteroatoms. The quantitative estimate of drug-likeness (QED) is 0.602. The molecule has 1 amide bonds. The molecular weight excluding hydrogens is 400 g/mol. The minimum absolute atomic E-state index is 0.0327. The van der Waals surface area contributed by atoms with E-state index in [1.165, 1.54) is 11.1 Å². The minimum Gasteiger partial charge on any atom is -0.340 e. The third-order valence-corrected chi connectivity index (χ3v) is 6.57. The number of amides is 1. The molecule has 0 N–H and O–H groups in total. The molecule has 0 spiro atoms. The van der Waals surface area contributed by atoms with Crippen LogP contribution in [-0.4, -0.2) is 51.4 Å². The molecule has 0 radical (unpaired) electrons. The summed E-state index contributed by atoms with van der Waals surface area (Å²) >= 11 is 0. The van der Waals surface area contributed by atoms with Gasteiger partial charge in [0.15, 0.2) is 0 Å². The molecule has 6 nitrogen and oxygen atoms in total. The lowest BCUT2D eigenvalue weighted by Crippen LogP contribution is -2.48. The van der Waals surface area contributed by atoms with E-state index in [2.05, 4.69) is 36.1 Å². The molecule has 1 aromatic heterocycles. The summed E-state index contributed by atoms with van der Waals surface area (Å²) in [7, 11) is 0. The van der Waals surface area contributed by atoms with Gasteiger partial charge in [0.1, 0.15) is 5.82 Å². The molecule has 32 heavy (non-hydrogen) atoms. The summed E-state index contributed by atoms with van der Waals surface area (Å²) in [6, 6.07) is 16.4. The standard InChI is InChI=1S/C26H30N4O2/c1-19-5-4-6-20(17-19)18-28-13-15-29(16-14-28)25(31)12-11-24-27-23-8-3-2-7-22(23)26(32)30(24)21-9-10-21/h2-8,17,21H,9-16,18H2,1H3. The van der Waals surface area contributed by atoms with E-state index in [0.717, 1.165) is 56.9 Å². The number of hydrogen-bond donors (Lipinski definition) is 0. The van der Waals surface area contributed by atoms with E-state index in [1.54, 1.807) is 0 Å². The van der Waals surface area contributed by atoms with E-state index in [9.17, 15) is 9.59 Å². The maximum absolute atomic E-state index is 13.0. The van der Waals surface area contributed by atoms with Crippen LogP contribution in [0.3, 0.4) is 0 Å². The van der Waals surface area contributed by atoms with Crippen molar-refractivity contribution in [2.45, 2.75) is 45.2 Å². The van der Waals surface area contributed by atoms with Gasteiger partial charge in [0.25, 0.3) is 5.56 Å². The van der Waals surface area contributed by atoms with Gasteiger partial charge in [-0.05, 0) is 37.5 Å². The fourth-order valence-corrected chi connectivity index (χ4v) is 4.68. The summed E-state index contributed by atoms with van der Waals surface area (Å²) in [6.07, 6.45) is 2.95. The second-order valence-electron chi connectivity index (χ2n) is 9.10. The van der Waals surface area contributed by atoms with E-state index in [1.807, 2.05) is 33.7 Å². The van der Waals surface area contributed by atoms with Gasteiger partial charge in [-0.3, -0.25) is 19.1 Å². The molecule has 0 bridgehead atoms. The highest BCUT2D eigenvalue weighted by Crippen LogP contribution is 2.35. The largest absolute Gasteiger partial charge is 0.340 e. The van der Waals surface area contributed by atoms with Crippen LogP contribution in [0.5, 0.6) is 0 Å². The van der Waals surface area contributed by atoms with Gasteiger partial charge in [-0.15, -0.1) is 0 Å². The molecule has 2 fully saturated rings. The van der Waals surface area contributed by atoms with Gasteiger partial charge >= 0.3 is 0 Å². The molecule has 1 saturated heterocycles. The second-order valence-corrected chi connectivity index (χ2v) is 9.10. The van der Waals surface area contributed by atoms with Crippen LogP contribution in [0, 0.1) is 6.92 Å². The van der Waals surface area contributed by atoms with E-state index < -0.39 is 0 Å². The first kappa shape index (κ1) is 20.9. The smallest absolute Gasteiger partial charge is 0.261 e. The summed E-state index contributed by atoms with van der Waals surface area (Å²) < 4.78 is 1.84. The number of piperazine rings is 1. The van der Waals surface area contributed by atoms with Gasteiger partial charge in [0.05, 0.1) is 10.9 Å². The second kappa shape index (κ2) is 8.87. The maximum atomic E-state index is 13.0. The van der Waals surface area contributed by atoms with Gasteiger partial charge in [-0.1, -0.05) is 42.0 Å². The first-order chi connectivity index (χ1) is 15.6. The van der Waals surface area contributed by atoms with Gasteiger partial charge in [-0.2, -0.15) is 0 Å². The van der Waals surface area contributed by atoms with Gasteiger partial charge < -0.3 is 4.90 Å². The number of carbonyl (C=O) groups is 1. The molecule has 5 rings (SSSR count). The van der Waals surface area contributed by atoms with Crippen molar-refractivity contribution >= 4 is 16.8 Å². The van der Waals surface area contributed by atoms with Crippen LogP contribution in [0.25, 0.3) is 10.9 Å². The van der Waals surface area contributed by atoms with Crippen LogP contribution in [0.4, 0.5) is 0 Å². The van der Waals surface area contributed by atoms with Crippen molar-refractivity contribution in [1.82, 2.24) is 19.4 Å². The Morgan fingerprint density at radius 3 is 2.56 bits per heavy atom. The number of fused-ring (bicyclic) bond motifs is 1. The molecular formula is C26H30N4O2. The third-order valence-electron chi connectivity index (χ3n) is 6.57. The molecule has 1 aliphatic heterocycles. The van der Waals surface area contributed by atoms with Crippen molar-refractivity contribution in [1.29, 1.82) is 0 Å². The molecule has 166 valence electrons. The summed E-state index contributed by atoms with van der Waals surface area (Å²) in [5.74, 6) is 0.910. The Bertz CT molecular complexity index is 1190. The number of para-hydroxylation sites is 1. The molecule has 2 aromatic carbocycles. The van der Waals surface area contributed by atoms with E-state index in [4.69, 9.17) is 4.98 Å². The predicted octanol–water partition coefficient (Wildman–Crippen LogP) is 3.32. The van der Waals surface area contributed by atoms with E-state index in [0.29, 0.717) is 18.2 Å². The van der Waals surface area contributed by atoms with Crippen LogP contribution in [-0.2, 0) is 17.8 Å². The predicted molar refractivity (Wildman–Crippen MR) is 126 cm³/mol. The average Bonchev–Trinajstić information content (AvgIpc) is 3.63. The number of rotatable bonds is 6. The van der Waals surface area contributed by atoms with E-state index in [-0.39, 0.29) is 17.5 Å². The van der Waals surface area contributed by atoms with Crippen LogP contribution >= 0.6 is 0 Å². The fraction of sp³-hybridized carbons (Fsp3) is 0.423. The zero-order valence-corrected chi connectivity index (χ0v) is 18.7. The van der Waals surface area contributed by atoms with Crippen LogP contribution in [0.15, 0.2) is 53.3 Å². The Kier molecular flexibility index (Phi) is 5.79. The Morgan fingerprint density at radius 2 is 1.81 bits per heavy atom. The number of nitrogens with zero attached hydrogens (tertiary/aromatic N) is 4. The zero-order valence-electron chi connectivity index (χ0n) is 18.7. The highest BCUT2D eigenvalue weighted by atomic mass is 16.2. The number of benzene rings is 2. The number of aryl methyl sites for hydroxylation is 2. The van der Waals surface area contributed by atoms with Gasteiger partial charge in [0.2, 0.25) is 5.91 Å². The maximum Gasteiger partial charge on any atom is 0.261 e. The van der Waals surface area contributed by atoms with E-state index >= 15 is 0 Å². The monoisotopic (exact) mass is 430 g/mol. The minimum atomic E-state index is 0.0327. The van der Waals surface area contributed by atoms with Crippen LogP contribution < -0.4 is 5.56 Å². The Labute approximate surface area is 188 Å². The Balaban J connectivity index is 1.21. The zero-order chi connectivity index (χ0) is 22.1. The van der Waals surface area contributed by atoms with Gasteiger partial charge in [-0.25, -0.2) is 4.98 Å². The third kappa shape index (κ3) is 4.46. The molecule has 1 saturated carbocycles. The molecule has 0 atom stereocenters. The number of hydrogen-bond acceptors (Lipinski definition) is 4. The lowest BCUT2D eigenvalue weighted by atomic mass is 10.1. The SMILES string of the molecule is Cc1cccc(CN2CCN(C(=O)CCc3nc4ccccc4c(=O)n3C3CC3)CC2)c1. The highest BCUT2D eigenvalue weighted by Gasteiger charge is 2.29. The molecule has 2 heterocycles. The summed E-state index contributed by atoms with van der Waals surface area (Å²) in [6.45, 7) is 6.34. The van der Waals surface area contributed by atoms with Crippen molar-refractivity contribution < 1.29 is 4.79 Å². The molecule has 0 unspecified atom stereocenters. The van der Waals surface area contributed by atoms with Crippen molar-refractivity contribution in [3.8, 4) is 0 Å². The first-order valence-electron chi connectivity index (χ1n) is 11.6. The highest BCUT2D eigenvalue weighted by molar-refractivity contribution is 5.78. The van der Waals surface area contributed by atoms with Crippen molar-refractivity contribution in [2.24, 2.45) is 0 Å². The topological polar surface area (TPSA) is 58.4 Å². The Morgan fingerprint density at radius 1 is 1.03 bits per heavy atom. The average molecular weight is 431 g/mol. The fourth-order valence-electron chi connectivity index (χ4n) is 4.68. The molecule has 2 aliphatic rings. The normalized spacial score (nSPS) is 17.1. The van der Waals surface area contributed by atoms with Crippen LogP contribution in [0.1, 0.15) is 42.3 Å². The summed E-state index contributed by atoms with van der Waals surface area (Å²) in [5.41, 5.74) is 3.36. The number of aromatic nitrogens is 2. The van der Waals surface area contributed by atoms with Crippen molar-refractivity contribution in [3.63, 3.8) is 0 Å². The lowest BCUT2D eigenvalue weighted by Gasteiger charge is -2.35. The van der Waals surface area contributed by atoms with Crippen LogP contribution in [0.2, 0.25) is 0 Å². The molecule has 1 aliphatic carbocycles. The Hall–Kier alpha value is -2.99. The molecule has 3 aromatic rings. The first-order valence-corrected chi connectivity index (χ1v) is 11.6. The van der Waals surface area contributed by atoms with Crippen molar-refractivity contribution in [3.05, 3.63) is 75.8 Å². The number of carbonyl (C=O) groups excluding carboxylic acids is 1. The van der Waals surface area contributed by atoms with Gasteiger partial charge in [0, 0.05) is 51.6 Å².